The Balaban J connectivity index is 2.47. The van der Waals surface area contributed by atoms with Crippen molar-refractivity contribution in [3.8, 4) is 11.5 Å². The lowest BCUT2D eigenvalue weighted by molar-refractivity contribution is -0.123. The van der Waals surface area contributed by atoms with Crippen LogP contribution in [-0.2, 0) is 10.3 Å². The van der Waals surface area contributed by atoms with Crippen LogP contribution in [0, 0.1) is 0 Å². The molecule has 0 saturated carbocycles. The van der Waals surface area contributed by atoms with Crippen molar-refractivity contribution < 1.29 is 19.4 Å². The maximum Gasteiger partial charge on any atom is 0.322 e. The fourth-order valence-corrected chi connectivity index (χ4v) is 1.79. The predicted molar refractivity (Wildman–Crippen MR) is 58.7 cm³/mol. The average Bonchev–Trinajstić information content (AvgIpc) is 2.53. The predicted octanol–water partition coefficient (Wildman–Crippen LogP) is 0.455. The van der Waals surface area contributed by atoms with Crippen LogP contribution in [-0.4, -0.2) is 24.2 Å². The largest absolute Gasteiger partial charge is 0.507 e. The van der Waals surface area contributed by atoms with Crippen LogP contribution >= 0.6 is 0 Å². The third kappa shape index (κ3) is 1.67. The van der Waals surface area contributed by atoms with Gasteiger partial charge in [-0.25, -0.2) is 4.79 Å². The SMILES string of the molecule is COc1ccc(C2(C)NC(=O)NC2=O)c(O)c1. The maximum absolute atomic E-state index is 11.7. The first-order valence-electron chi connectivity index (χ1n) is 4.98. The third-order valence-corrected chi connectivity index (χ3v) is 2.79. The Kier molecular flexibility index (Phi) is 2.42. The van der Waals surface area contributed by atoms with E-state index in [1.54, 1.807) is 12.1 Å². The fourth-order valence-electron chi connectivity index (χ4n) is 1.79. The number of methoxy groups -OCH3 is 1. The Bertz CT molecular complexity index is 500. The lowest BCUT2D eigenvalue weighted by atomic mass is 9.91. The van der Waals surface area contributed by atoms with Crippen LogP contribution < -0.4 is 15.4 Å². The highest BCUT2D eigenvalue weighted by molar-refractivity contribution is 6.07. The quantitative estimate of drug-likeness (QED) is 0.651. The molecule has 1 heterocycles. The van der Waals surface area contributed by atoms with Gasteiger partial charge in [-0.1, -0.05) is 0 Å². The van der Waals surface area contributed by atoms with E-state index in [0.717, 1.165) is 0 Å². The number of urea groups is 1. The first-order valence-corrected chi connectivity index (χ1v) is 4.98. The van der Waals surface area contributed by atoms with Gasteiger partial charge in [0.25, 0.3) is 5.91 Å². The Morgan fingerprint density at radius 3 is 2.53 bits per heavy atom. The summed E-state index contributed by atoms with van der Waals surface area (Å²) in [6.45, 7) is 1.52. The number of nitrogens with one attached hydrogen (secondary N) is 2. The molecule has 0 radical (unpaired) electrons. The number of carbonyl (C=O) groups is 2. The minimum Gasteiger partial charge on any atom is -0.507 e. The molecule has 0 spiro atoms. The molecule has 3 N–H and O–H groups in total. The number of hydrogen-bond donors (Lipinski definition) is 3. The van der Waals surface area contributed by atoms with Crippen molar-refractivity contribution in [3.63, 3.8) is 0 Å². The highest BCUT2D eigenvalue weighted by Gasteiger charge is 2.45. The third-order valence-electron chi connectivity index (χ3n) is 2.79. The van der Waals surface area contributed by atoms with Gasteiger partial charge < -0.3 is 15.2 Å². The topological polar surface area (TPSA) is 87.7 Å². The molecule has 1 aliphatic rings. The summed E-state index contributed by atoms with van der Waals surface area (Å²) < 4.78 is 4.95. The molecule has 1 saturated heterocycles. The summed E-state index contributed by atoms with van der Waals surface area (Å²) in [5.74, 6) is -0.133. The second kappa shape index (κ2) is 3.65. The number of amides is 3. The van der Waals surface area contributed by atoms with Crippen LogP contribution in [0.1, 0.15) is 12.5 Å². The van der Waals surface area contributed by atoms with Crippen molar-refractivity contribution in [2.75, 3.05) is 7.11 Å². The van der Waals surface area contributed by atoms with E-state index < -0.39 is 17.5 Å². The van der Waals surface area contributed by atoms with Crippen LogP contribution in [0.2, 0.25) is 0 Å². The molecule has 0 aromatic heterocycles. The second-order valence-electron chi connectivity index (χ2n) is 3.92. The minimum absolute atomic E-state index is 0.107. The first-order chi connectivity index (χ1) is 7.97. The molecule has 3 amide bonds. The van der Waals surface area contributed by atoms with Gasteiger partial charge in [0.15, 0.2) is 0 Å². The van der Waals surface area contributed by atoms with E-state index in [4.69, 9.17) is 4.74 Å². The van der Waals surface area contributed by atoms with Crippen molar-refractivity contribution in [2.45, 2.75) is 12.5 Å². The normalized spacial score (nSPS) is 23.2. The minimum atomic E-state index is -1.26. The van der Waals surface area contributed by atoms with E-state index in [1.807, 2.05) is 0 Å². The van der Waals surface area contributed by atoms with Gasteiger partial charge in [-0.15, -0.1) is 0 Å². The standard InChI is InChI=1S/C11H12N2O4/c1-11(9(15)12-10(16)13-11)7-4-3-6(17-2)5-8(7)14/h3-5,14H,1-2H3,(H2,12,13,15,16). The fraction of sp³-hybridized carbons (Fsp3) is 0.273. The van der Waals surface area contributed by atoms with Crippen LogP contribution in [0.4, 0.5) is 4.79 Å². The number of aromatic hydroxyl groups is 1. The van der Waals surface area contributed by atoms with E-state index in [-0.39, 0.29) is 5.75 Å². The molecule has 6 nitrogen and oxygen atoms in total. The number of hydrogen-bond acceptors (Lipinski definition) is 4. The van der Waals surface area contributed by atoms with E-state index >= 15 is 0 Å². The van der Waals surface area contributed by atoms with Crippen LogP contribution in [0.3, 0.4) is 0 Å². The number of phenols is 1. The lowest BCUT2D eigenvalue weighted by Crippen LogP contribution is -2.40. The van der Waals surface area contributed by atoms with Gasteiger partial charge in [-0.05, 0) is 19.1 Å². The molecule has 1 fully saturated rings. The van der Waals surface area contributed by atoms with Gasteiger partial charge in [-0.2, -0.15) is 0 Å². The van der Waals surface area contributed by atoms with Gasteiger partial charge in [0.1, 0.15) is 17.0 Å². The van der Waals surface area contributed by atoms with Gasteiger partial charge in [0.2, 0.25) is 0 Å². The van der Waals surface area contributed by atoms with Crippen molar-refractivity contribution in [1.82, 2.24) is 10.6 Å². The van der Waals surface area contributed by atoms with E-state index in [0.29, 0.717) is 11.3 Å². The molecule has 1 atom stereocenters. The molecule has 90 valence electrons. The summed E-state index contributed by atoms with van der Waals surface area (Å²) in [6, 6.07) is 3.96. The molecule has 0 bridgehead atoms. The lowest BCUT2D eigenvalue weighted by Gasteiger charge is -2.22. The van der Waals surface area contributed by atoms with Gasteiger partial charge in [0.05, 0.1) is 7.11 Å². The smallest absolute Gasteiger partial charge is 0.322 e. The van der Waals surface area contributed by atoms with Crippen molar-refractivity contribution in [1.29, 1.82) is 0 Å². The number of rotatable bonds is 2. The Morgan fingerprint density at radius 2 is 2.06 bits per heavy atom. The molecule has 1 aromatic carbocycles. The zero-order chi connectivity index (χ0) is 12.6. The van der Waals surface area contributed by atoms with Gasteiger partial charge in [0, 0.05) is 11.6 Å². The van der Waals surface area contributed by atoms with Crippen molar-refractivity contribution >= 4 is 11.9 Å². The Morgan fingerprint density at radius 1 is 1.35 bits per heavy atom. The zero-order valence-corrected chi connectivity index (χ0v) is 9.40. The number of imide groups is 1. The average molecular weight is 236 g/mol. The molecule has 1 aromatic rings. The summed E-state index contributed by atoms with van der Waals surface area (Å²) in [5, 5.41) is 14.4. The molecular formula is C11H12N2O4. The molecule has 1 aliphatic heterocycles. The molecular weight excluding hydrogens is 224 g/mol. The highest BCUT2D eigenvalue weighted by atomic mass is 16.5. The number of phenolic OH excluding ortho intramolecular Hbond substituents is 1. The molecule has 2 rings (SSSR count). The maximum atomic E-state index is 11.7. The van der Waals surface area contributed by atoms with E-state index in [2.05, 4.69) is 10.6 Å². The second-order valence-corrected chi connectivity index (χ2v) is 3.92. The van der Waals surface area contributed by atoms with E-state index in [9.17, 15) is 14.7 Å². The van der Waals surface area contributed by atoms with Gasteiger partial charge in [-0.3, -0.25) is 10.1 Å². The monoisotopic (exact) mass is 236 g/mol. The number of carbonyl (C=O) groups excluding carboxylic acids is 2. The summed E-state index contributed by atoms with van der Waals surface area (Å²) in [6.07, 6.45) is 0. The first kappa shape index (κ1) is 11.3. The number of ether oxygens (including phenoxy) is 1. The summed E-state index contributed by atoms with van der Waals surface area (Å²) in [5.41, 5.74) is -0.936. The molecule has 0 aliphatic carbocycles. The molecule has 17 heavy (non-hydrogen) atoms. The van der Waals surface area contributed by atoms with Crippen LogP contribution in [0.5, 0.6) is 11.5 Å². The number of benzene rings is 1. The zero-order valence-electron chi connectivity index (χ0n) is 9.40. The van der Waals surface area contributed by atoms with Gasteiger partial charge >= 0.3 is 6.03 Å². The molecule has 6 heteroatoms. The Hall–Kier alpha value is -2.24. The van der Waals surface area contributed by atoms with Crippen LogP contribution in [0.15, 0.2) is 18.2 Å². The van der Waals surface area contributed by atoms with Crippen molar-refractivity contribution in [3.05, 3.63) is 23.8 Å². The Labute approximate surface area is 97.6 Å². The van der Waals surface area contributed by atoms with Crippen molar-refractivity contribution in [2.24, 2.45) is 0 Å². The molecule has 1 unspecified atom stereocenters. The summed E-state index contributed by atoms with van der Waals surface area (Å²) in [7, 11) is 1.47. The van der Waals surface area contributed by atoms with Crippen LogP contribution in [0.25, 0.3) is 0 Å². The summed E-state index contributed by atoms with van der Waals surface area (Å²) >= 11 is 0. The van der Waals surface area contributed by atoms with E-state index in [1.165, 1.54) is 20.1 Å². The summed E-state index contributed by atoms with van der Waals surface area (Å²) in [4.78, 5) is 22.8. The highest BCUT2D eigenvalue weighted by Crippen LogP contribution is 2.33.